The van der Waals surface area contributed by atoms with E-state index in [1.165, 1.54) is 16.6 Å². The van der Waals surface area contributed by atoms with Crippen molar-refractivity contribution in [3.05, 3.63) is 74.4 Å². The maximum atomic E-state index is 13.8. The molecule has 2 heterocycles. The van der Waals surface area contributed by atoms with Crippen LogP contribution in [0.3, 0.4) is 0 Å². The molecule has 0 radical (unpaired) electrons. The summed E-state index contributed by atoms with van der Waals surface area (Å²) in [6.07, 6.45) is 4.19. The fraction of sp³-hybridized carbons (Fsp3) is 0.296. The predicted molar refractivity (Wildman–Crippen MR) is 144 cm³/mol. The van der Waals surface area contributed by atoms with Gasteiger partial charge < -0.3 is 10.1 Å². The summed E-state index contributed by atoms with van der Waals surface area (Å²) in [7, 11) is 1.64. The Morgan fingerprint density at radius 2 is 1.91 bits per heavy atom. The van der Waals surface area contributed by atoms with Crippen LogP contribution in [0.1, 0.15) is 34.4 Å². The maximum absolute atomic E-state index is 13.8. The highest BCUT2D eigenvalue weighted by molar-refractivity contribution is 7.99. The van der Waals surface area contributed by atoms with E-state index in [9.17, 15) is 9.59 Å². The lowest BCUT2D eigenvalue weighted by Gasteiger charge is -2.14. The minimum atomic E-state index is -0.151. The predicted octanol–water partition coefficient (Wildman–Crippen LogP) is 5.68. The van der Waals surface area contributed by atoms with Crippen molar-refractivity contribution in [2.24, 2.45) is 0 Å². The summed E-state index contributed by atoms with van der Waals surface area (Å²) in [4.78, 5) is 33.6. The van der Waals surface area contributed by atoms with Gasteiger partial charge in [-0.1, -0.05) is 30.0 Å². The highest BCUT2D eigenvalue weighted by atomic mass is 32.2. The number of thioether (sulfide) groups is 1. The van der Waals surface area contributed by atoms with Gasteiger partial charge in [-0.3, -0.25) is 14.2 Å². The first-order valence-corrected chi connectivity index (χ1v) is 13.5. The van der Waals surface area contributed by atoms with Gasteiger partial charge in [0.1, 0.15) is 10.6 Å². The fourth-order valence-corrected chi connectivity index (χ4v) is 6.66. The summed E-state index contributed by atoms with van der Waals surface area (Å²) < 4.78 is 7.02. The number of thiophene rings is 1. The van der Waals surface area contributed by atoms with E-state index in [0.29, 0.717) is 5.16 Å². The van der Waals surface area contributed by atoms with Crippen LogP contribution in [0.15, 0.2) is 52.4 Å². The van der Waals surface area contributed by atoms with Crippen molar-refractivity contribution in [1.29, 1.82) is 0 Å². The number of methoxy groups -OCH3 is 1. The molecule has 0 spiro atoms. The van der Waals surface area contributed by atoms with E-state index in [1.54, 1.807) is 23.0 Å². The van der Waals surface area contributed by atoms with Gasteiger partial charge in [0.05, 0.1) is 23.9 Å². The third-order valence-electron chi connectivity index (χ3n) is 6.32. The van der Waals surface area contributed by atoms with Gasteiger partial charge in [-0.05, 0) is 80.5 Å². The molecule has 1 amide bonds. The highest BCUT2D eigenvalue weighted by Crippen LogP contribution is 2.35. The van der Waals surface area contributed by atoms with Gasteiger partial charge in [-0.15, -0.1) is 11.3 Å². The molecule has 5 rings (SSSR count). The van der Waals surface area contributed by atoms with Crippen molar-refractivity contribution in [2.75, 3.05) is 18.2 Å². The van der Waals surface area contributed by atoms with Crippen molar-refractivity contribution < 1.29 is 9.53 Å². The molecule has 2 aromatic heterocycles. The van der Waals surface area contributed by atoms with Crippen LogP contribution in [0.25, 0.3) is 15.9 Å². The van der Waals surface area contributed by atoms with Crippen molar-refractivity contribution in [3.63, 3.8) is 0 Å². The number of amides is 1. The third kappa shape index (κ3) is 4.60. The quantitative estimate of drug-likeness (QED) is 0.270. The largest absolute Gasteiger partial charge is 0.496 e. The molecule has 8 heteroatoms. The second kappa shape index (κ2) is 9.87. The average molecular weight is 506 g/mol. The zero-order valence-corrected chi connectivity index (χ0v) is 21.6. The van der Waals surface area contributed by atoms with Gasteiger partial charge in [0, 0.05) is 10.6 Å². The Morgan fingerprint density at radius 1 is 1.14 bits per heavy atom. The standard InChI is InChI=1S/C27H27N3O3S2/c1-16-14-21(33-3)17(2)13-20(16)28-23(31)15-34-27-29-25-24(19-11-7-8-12-22(19)35-25)26(32)30(27)18-9-5-4-6-10-18/h4-6,9-10,13-14H,7-8,11-12,15H2,1-3H3,(H,28,31). The van der Waals surface area contributed by atoms with Crippen molar-refractivity contribution in [1.82, 2.24) is 9.55 Å². The summed E-state index contributed by atoms with van der Waals surface area (Å²) in [5, 5.41) is 4.27. The Labute approximate surface area is 212 Å². The van der Waals surface area contributed by atoms with Gasteiger partial charge in [0.15, 0.2) is 5.16 Å². The summed E-state index contributed by atoms with van der Waals surface area (Å²) in [6, 6.07) is 13.4. The lowest BCUT2D eigenvalue weighted by molar-refractivity contribution is -0.113. The number of ether oxygens (including phenoxy) is 1. The van der Waals surface area contributed by atoms with Crippen LogP contribution in [0.4, 0.5) is 5.69 Å². The van der Waals surface area contributed by atoms with Crippen LogP contribution in [-0.4, -0.2) is 28.3 Å². The van der Waals surface area contributed by atoms with Crippen LogP contribution in [0, 0.1) is 13.8 Å². The number of carbonyl (C=O) groups excluding carboxylic acids is 1. The molecule has 1 aliphatic carbocycles. The van der Waals surface area contributed by atoms with E-state index >= 15 is 0 Å². The molecule has 6 nitrogen and oxygen atoms in total. The number of hydrogen-bond acceptors (Lipinski definition) is 6. The Hall–Kier alpha value is -3.10. The molecule has 0 saturated heterocycles. The van der Waals surface area contributed by atoms with Crippen molar-refractivity contribution in [2.45, 2.75) is 44.7 Å². The normalized spacial score (nSPS) is 13.0. The lowest BCUT2D eigenvalue weighted by atomic mass is 9.97. The maximum Gasteiger partial charge on any atom is 0.267 e. The summed E-state index contributed by atoms with van der Waals surface area (Å²) in [5.41, 5.74) is 4.50. The zero-order chi connectivity index (χ0) is 24.5. The smallest absolute Gasteiger partial charge is 0.267 e. The molecular formula is C27H27N3O3S2. The Balaban J connectivity index is 1.47. The molecule has 0 aliphatic heterocycles. The van der Waals surface area contributed by atoms with Crippen LogP contribution < -0.4 is 15.6 Å². The van der Waals surface area contributed by atoms with E-state index in [1.807, 2.05) is 56.3 Å². The van der Waals surface area contributed by atoms with E-state index in [2.05, 4.69) is 5.32 Å². The minimum Gasteiger partial charge on any atom is -0.496 e. The van der Waals surface area contributed by atoms with Gasteiger partial charge in [-0.25, -0.2) is 4.98 Å². The molecule has 0 bridgehead atoms. The molecule has 35 heavy (non-hydrogen) atoms. The molecule has 4 aromatic rings. The Kier molecular flexibility index (Phi) is 6.67. The van der Waals surface area contributed by atoms with E-state index in [4.69, 9.17) is 9.72 Å². The summed E-state index contributed by atoms with van der Waals surface area (Å²) >= 11 is 2.91. The molecule has 1 N–H and O–H groups in total. The van der Waals surface area contributed by atoms with Gasteiger partial charge in [0.2, 0.25) is 5.91 Å². The first-order valence-electron chi connectivity index (χ1n) is 11.7. The summed E-state index contributed by atoms with van der Waals surface area (Å²) in [6.45, 7) is 3.88. The van der Waals surface area contributed by atoms with Gasteiger partial charge >= 0.3 is 0 Å². The van der Waals surface area contributed by atoms with Crippen LogP contribution >= 0.6 is 23.1 Å². The number of aromatic nitrogens is 2. The second-order valence-corrected chi connectivity index (χ2v) is 10.8. The van der Waals surface area contributed by atoms with E-state index in [-0.39, 0.29) is 17.2 Å². The number of para-hydroxylation sites is 1. The number of benzene rings is 2. The van der Waals surface area contributed by atoms with Crippen LogP contribution in [0.2, 0.25) is 0 Å². The zero-order valence-electron chi connectivity index (χ0n) is 20.0. The van der Waals surface area contributed by atoms with Crippen LogP contribution in [-0.2, 0) is 17.6 Å². The van der Waals surface area contributed by atoms with Gasteiger partial charge in [-0.2, -0.15) is 0 Å². The second-order valence-electron chi connectivity index (χ2n) is 8.74. The number of aryl methyl sites for hydroxylation is 4. The monoisotopic (exact) mass is 505 g/mol. The SMILES string of the molecule is COc1cc(C)c(NC(=O)CSc2nc3sc4c(c3c(=O)n2-c2ccccc2)CCCC4)cc1C. The number of rotatable bonds is 6. The van der Waals surface area contributed by atoms with Crippen molar-refractivity contribution in [3.8, 4) is 11.4 Å². The van der Waals surface area contributed by atoms with Gasteiger partial charge in [0.25, 0.3) is 5.56 Å². The lowest BCUT2D eigenvalue weighted by Crippen LogP contribution is -2.23. The Morgan fingerprint density at radius 3 is 2.69 bits per heavy atom. The van der Waals surface area contributed by atoms with Crippen LogP contribution in [0.5, 0.6) is 5.75 Å². The van der Waals surface area contributed by atoms with E-state index < -0.39 is 0 Å². The number of nitrogens with zero attached hydrogens (tertiary/aromatic N) is 2. The molecule has 0 saturated carbocycles. The molecule has 180 valence electrons. The topological polar surface area (TPSA) is 73.2 Å². The minimum absolute atomic E-state index is 0.0508. The molecular weight excluding hydrogens is 478 g/mol. The molecule has 0 atom stereocenters. The number of hydrogen-bond donors (Lipinski definition) is 1. The Bertz CT molecular complexity index is 1480. The third-order valence-corrected chi connectivity index (χ3v) is 8.45. The highest BCUT2D eigenvalue weighted by Gasteiger charge is 2.23. The molecule has 1 aliphatic rings. The number of carbonyl (C=O) groups is 1. The molecule has 2 aromatic carbocycles. The number of nitrogens with one attached hydrogen (secondary N) is 1. The molecule has 0 unspecified atom stereocenters. The fourth-order valence-electron chi connectivity index (χ4n) is 4.55. The first kappa shape index (κ1) is 23.6. The average Bonchev–Trinajstić information content (AvgIpc) is 3.24. The van der Waals surface area contributed by atoms with Crippen molar-refractivity contribution >= 4 is 44.9 Å². The summed E-state index contributed by atoms with van der Waals surface area (Å²) in [5.74, 6) is 0.778. The first-order chi connectivity index (χ1) is 17.0. The number of fused-ring (bicyclic) bond motifs is 3. The van der Waals surface area contributed by atoms with E-state index in [0.717, 1.165) is 69.7 Å². The molecule has 0 fully saturated rings. The number of anilines is 1.